The van der Waals surface area contributed by atoms with Gasteiger partial charge in [-0.2, -0.15) is 0 Å². The summed E-state index contributed by atoms with van der Waals surface area (Å²) >= 11 is 6.24. The Balaban J connectivity index is 1.58. The Morgan fingerprint density at radius 1 is 0.974 bits per heavy atom. The molecule has 0 spiro atoms. The Kier molecular flexibility index (Phi) is 8.51. The number of sulfonamides is 1. The number of amides is 1. The van der Waals surface area contributed by atoms with E-state index in [4.69, 9.17) is 16.3 Å². The number of aryl methyl sites for hydroxylation is 1. The molecule has 0 aliphatic heterocycles. The van der Waals surface area contributed by atoms with Gasteiger partial charge in [-0.25, -0.2) is 8.42 Å². The van der Waals surface area contributed by atoms with E-state index in [9.17, 15) is 13.2 Å². The third-order valence-corrected chi connectivity index (χ3v) is 7.78. The van der Waals surface area contributed by atoms with Crippen LogP contribution in [-0.4, -0.2) is 20.9 Å². The van der Waals surface area contributed by atoms with Crippen LogP contribution in [0.3, 0.4) is 0 Å². The van der Waals surface area contributed by atoms with E-state index in [2.05, 4.69) is 11.9 Å². The largest absolute Gasteiger partial charge is 0.489 e. The Hall–Kier alpha value is -4.07. The minimum atomic E-state index is -3.89. The molecule has 1 amide bonds. The van der Waals surface area contributed by atoms with Gasteiger partial charge in [-0.15, -0.1) is 0 Å². The first kappa shape index (κ1) is 27.0. The Bertz CT molecular complexity index is 1540. The zero-order valence-corrected chi connectivity index (χ0v) is 22.4. The summed E-state index contributed by atoms with van der Waals surface area (Å²) in [5.41, 5.74) is 2.99. The maximum Gasteiger partial charge on any atom is 0.264 e. The van der Waals surface area contributed by atoms with Gasteiger partial charge in [0.15, 0.2) is 0 Å². The van der Waals surface area contributed by atoms with Crippen LogP contribution in [0.2, 0.25) is 5.02 Å². The third kappa shape index (κ3) is 6.43. The third-order valence-electron chi connectivity index (χ3n) is 5.77. The number of nitrogens with zero attached hydrogens (tertiary/aromatic N) is 1. The zero-order valence-electron chi connectivity index (χ0n) is 20.8. The molecule has 0 bridgehead atoms. The number of hydrogen-bond acceptors (Lipinski definition) is 4. The van der Waals surface area contributed by atoms with Crippen LogP contribution in [0.25, 0.3) is 0 Å². The van der Waals surface area contributed by atoms with Crippen LogP contribution in [0, 0.1) is 6.92 Å². The summed E-state index contributed by atoms with van der Waals surface area (Å²) in [6, 6.07) is 27.3. The topological polar surface area (TPSA) is 75.7 Å². The number of carbonyl (C=O) groups is 1. The molecule has 0 heterocycles. The normalized spacial score (nSPS) is 11.0. The van der Waals surface area contributed by atoms with Crippen LogP contribution >= 0.6 is 11.6 Å². The van der Waals surface area contributed by atoms with Crippen molar-refractivity contribution < 1.29 is 17.9 Å². The zero-order chi connectivity index (χ0) is 27.1. The number of anilines is 2. The van der Waals surface area contributed by atoms with Gasteiger partial charge in [0.05, 0.1) is 17.1 Å². The number of halogens is 1. The second-order valence-electron chi connectivity index (χ2n) is 8.53. The monoisotopic (exact) mass is 546 g/mol. The summed E-state index contributed by atoms with van der Waals surface area (Å²) in [4.78, 5) is 13.0. The van der Waals surface area contributed by atoms with E-state index in [1.54, 1.807) is 103 Å². The van der Waals surface area contributed by atoms with E-state index >= 15 is 0 Å². The highest BCUT2D eigenvalue weighted by Crippen LogP contribution is 2.31. The maximum atomic E-state index is 13.7. The molecule has 0 radical (unpaired) electrons. The predicted molar refractivity (Wildman–Crippen MR) is 153 cm³/mol. The molecular weight excluding hydrogens is 520 g/mol. The molecule has 0 saturated heterocycles. The molecule has 8 heteroatoms. The molecule has 0 aliphatic rings. The van der Waals surface area contributed by atoms with E-state index in [1.165, 1.54) is 4.31 Å². The predicted octanol–water partition coefficient (Wildman–Crippen LogP) is 6.86. The van der Waals surface area contributed by atoms with E-state index in [0.717, 1.165) is 5.56 Å². The van der Waals surface area contributed by atoms with E-state index in [1.807, 2.05) is 6.92 Å². The molecule has 38 heavy (non-hydrogen) atoms. The molecule has 0 fully saturated rings. The molecule has 0 aromatic heterocycles. The highest BCUT2D eigenvalue weighted by molar-refractivity contribution is 7.92. The summed E-state index contributed by atoms with van der Waals surface area (Å²) < 4.78 is 34.2. The van der Waals surface area contributed by atoms with Crippen molar-refractivity contribution in [2.45, 2.75) is 18.4 Å². The summed E-state index contributed by atoms with van der Waals surface area (Å²) in [6.45, 7) is 5.89. The fraction of sp³-hybridized carbons (Fsp3) is 0.100. The number of hydrogen-bond donors (Lipinski definition) is 1. The molecule has 194 valence electrons. The minimum absolute atomic E-state index is 0.0585. The highest BCUT2D eigenvalue weighted by Gasteiger charge is 2.26. The maximum absolute atomic E-state index is 13.7. The molecule has 0 aliphatic carbocycles. The number of benzene rings is 4. The summed E-state index contributed by atoms with van der Waals surface area (Å²) in [5, 5.41) is 3.29. The lowest BCUT2D eigenvalue weighted by molar-refractivity contribution is 0.102. The Labute approximate surface area is 228 Å². The van der Waals surface area contributed by atoms with Gasteiger partial charge in [0, 0.05) is 22.3 Å². The standard InChI is InChI=1S/C30H27ClN2O4S/c1-3-18-37-27-9-7-8-26(20-27)32-30(34)24-15-13-23(14-16-24)21-33(29-19-25(31)17-12-22(29)2)38(35,36)28-10-5-4-6-11-28/h3-17,19-20H,1,18,21H2,2H3,(H,32,34). The van der Waals surface area contributed by atoms with Gasteiger partial charge in [0.25, 0.3) is 15.9 Å². The first-order valence-electron chi connectivity index (χ1n) is 11.9. The van der Waals surface area contributed by atoms with E-state index < -0.39 is 10.0 Å². The minimum Gasteiger partial charge on any atom is -0.489 e. The lowest BCUT2D eigenvalue weighted by Crippen LogP contribution is -2.31. The van der Waals surface area contributed by atoms with E-state index in [0.29, 0.717) is 39.9 Å². The Morgan fingerprint density at radius 2 is 1.71 bits per heavy atom. The molecule has 4 aromatic carbocycles. The second-order valence-corrected chi connectivity index (χ2v) is 10.8. The van der Waals surface area contributed by atoms with Crippen LogP contribution in [0.1, 0.15) is 21.5 Å². The molecule has 0 atom stereocenters. The molecule has 0 unspecified atom stereocenters. The molecule has 4 rings (SSSR count). The number of nitrogens with one attached hydrogen (secondary N) is 1. The molecule has 1 N–H and O–H groups in total. The summed E-state index contributed by atoms with van der Waals surface area (Å²) in [7, 11) is -3.89. The summed E-state index contributed by atoms with van der Waals surface area (Å²) in [6.07, 6.45) is 1.65. The van der Waals surface area contributed by atoms with Crippen LogP contribution in [-0.2, 0) is 16.6 Å². The quantitative estimate of drug-likeness (QED) is 0.220. The Morgan fingerprint density at radius 3 is 2.42 bits per heavy atom. The second kappa shape index (κ2) is 12.0. The molecule has 0 saturated carbocycles. The van der Waals surface area contributed by atoms with E-state index in [-0.39, 0.29) is 17.3 Å². The molecule has 4 aromatic rings. The highest BCUT2D eigenvalue weighted by atomic mass is 35.5. The van der Waals surface area contributed by atoms with Crippen LogP contribution < -0.4 is 14.4 Å². The lowest BCUT2D eigenvalue weighted by Gasteiger charge is -2.26. The van der Waals surface area contributed by atoms with Gasteiger partial charge in [-0.1, -0.05) is 66.7 Å². The van der Waals surface area contributed by atoms with Crippen molar-refractivity contribution in [3.63, 3.8) is 0 Å². The van der Waals surface area contributed by atoms with Gasteiger partial charge in [0.2, 0.25) is 0 Å². The van der Waals surface area contributed by atoms with Crippen LogP contribution in [0.15, 0.2) is 115 Å². The molecular formula is C30H27ClN2O4S. The van der Waals surface area contributed by atoms with Gasteiger partial charge < -0.3 is 10.1 Å². The van der Waals surface area contributed by atoms with Crippen molar-refractivity contribution in [3.05, 3.63) is 131 Å². The van der Waals surface area contributed by atoms with Crippen molar-refractivity contribution in [2.75, 3.05) is 16.2 Å². The average molecular weight is 547 g/mol. The summed E-state index contributed by atoms with van der Waals surface area (Å²) in [5.74, 6) is 0.325. The fourth-order valence-corrected chi connectivity index (χ4v) is 5.52. The molecule has 6 nitrogen and oxygen atoms in total. The van der Waals surface area contributed by atoms with Gasteiger partial charge in [-0.3, -0.25) is 9.10 Å². The smallest absolute Gasteiger partial charge is 0.264 e. The van der Waals surface area contributed by atoms with Crippen LogP contribution in [0.4, 0.5) is 11.4 Å². The van der Waals surface area contributed by atoms with Crippen molar-refractivity contribution in [1.29, 1.82) is 0 Å². The lowest BCUT2D eigenvalue weighted by atomic mass is 10.1. The number of carbonyl (C=O) groups excluding carboxylic acids is 1. The SMILES string of the molecule is C=CCOc1cccc(NC(=O)c2ccc(CN(c3cc(Cl)ccc3C)S(=O)(=O)c3ccccc3)cc2)c1. The van der Waals surface area contributed by atoms with Crippen molar-refractivity contribution in [3.8, 4) is 5.75 Å². The van der Waals surface area contributed by atoms with Crippen molar-refractivity contribution in [2.24, 2.45) is 0 Å². The number of ether oxygens (including phenoxy) is 1. The first-order valence-corrected chi connectivity index (χ1v) is 13.7. The fourth-order valence-electron chi connectivity index (χ4n) is 3.82. The van der Waals surface area contributed by atoms with Crippen LogP contribution in [0.5, 0.6) is 5.75 Å². The number of rotatable bonds is 10. The van der Waals surface area contributed by atoms with Gasteiger partial charge >= 0.3 is 0 Å². The average Bonchev–Trinajstić information content (AvgIpc) is 2.93. The first-order chi connectivity index (χ1) is 18.3. The van der Waals surface area contributed by atoms with Crippen molar-refractivity contribution >= 4 is 38.9 Å². The van der Waals surface area contributed by atoms with Crippen molar-refractivity contribution in [1.82, 2.24) is 0 Å². The van der Waals surface area contributed by atoms with Gasteiger partial charge in [-0.05, 0) is 66.6 Å². The van der Waals surface area contributed by atoms with Gasteiger partial charge in [0.1, 0.15) is 12.4 Å².